The molecule has 0 spiro atoms. The van der Waals surface area contributed by atoms with Gasteiger partial charge in [0.15, 0.2) is 0 Å². The first-order valence-corrected chi connectivity index (χ1v) is 9.37. The first-order valence-electron chi connectivity index (χ1n) is 9.37. The van der Waals surface area contributed by atoms with E-state index in [0.717, 1.165) is 16.7 Å². The number of halogens is 1. The molecule has 1 amide bonds. The monoisotopic (exact) mass is 402 g/mol. The fraction of sp³-hybridized carbons (Fsp3) is 0.130. The summed E-state index contributed by atoms with van der Waals surface area (Å²) in [7, 11) is 0. The van der Waals surface area contributed by atoms with E-state index in [9.17, 15) is 9.18 Å². The molecule has 0 aliphatic heterocycles. The molecule has 2 aromatic carbocycles. The summed E-state index contributed by atoms with van der Waals surface area (Å²) in [6.45, 7) is 5.34. The van der Waals surface area contributed by atoms with Crippen LogP contribution >= 0.6 is 0 Å². The van der Waals surface area contributed by atoms with Gasteiger partial charge in [-0.15, -0.1) is 0 Å². The second-order valence-electron chi connectivity index (χ2n) is 6.86. The van der Waals surface area contributed by atoms with E-state index in [1.807, 2.05) is 32.0 Å². The summed E-state index contributed by atoms with van der Waals surface area (Å²) in [5.74, 6) is -0.868. The second kappa shape index (κ2) is 7.87. The van der Waals surface area contributed by atoms with Crippen molar-refractivity contribution in [3.8, 4) is 22.5 Å². The number of carbonyl (C=O) groups excluding carboxylic acids is 1. The van der Waals surface area contributed by atoms with Crippen molar-refractivity contribution in [3.63, 3.8) is 0 Å². The Morgan fingerprint density at radius 1 is 1.07 bits per heavy atom. The minimum Gasteiger partial charge on any atom is -0.336 e. The zero-order valence-electron chi connectivity index (χ0n) is 16.8. The molecule has 30 heavy (non-hydrogen) atoms. The lowest BCUT2D eigenvalue weighted by molar-refractivity contribution is -0.116. The van der Waals surface area contributed by atoms with Gasteiger partial charge >= 0.3 is 0 Å². The van der Waals surface area contributed by atoms with Gasteiger partial charge in [-0.2, -0.15) is 0 Å². The minimum absolute atomic E-state index is 0.0731. The zero-order valence-corrected chi connectivity index (χ0v) is 16.8. The highest BCUT2D eigenvalue weighted by atomic mass is 19.1. The Hall–Kier alpha value is -3.87. The molecule has 0 aliphatic rings. The summed E-state index contributed by atoms with van der Waals surface area (Å²) in [4.78, 5) is 22.1. The molecule has 6 nitrogen and oxygen atoms in total. The maximum atomic E-state index is 14.6. The molecule has 150 valence electrons. The number of hydrogen-bond acceptors (Lipinski definition) is 5. The van der Waals surface area contributed by atoms with E-state index in [1.165, 1.54) is 30.3 Å². The van der Waals surface area contributed by atoms with E-state index >= 15 is 0 Å². The molecule has 4 aromatic rings. The van der Waals surface area contributed by atoms with Crippen LogP contribution in [0.1, 0.15) is 18.1 Å². The molecule has 0 bridgehead atoms. The van der Waals surface area contributed by atoms with Crippen LogP contribution in [0.5, 0.6) is 0 Å². The van der Waals surface area contributed by atoms with E-state index in [2.05, 4.69) is 15.1 Å². The van der Waals surface area contributed by atoms with Crippen molar-refractivity contribution in [2.24, 2.45) is 0 Å². The molecule has 0 aliphatic carbocycles. The second-order valence-corrected chi connectivity index (χ2v) is 6.86. The minimum atomic E-state index is -0.550. The van der Waals surface area contributed by atoms with Gasteiger partial charge in [-0.3, -0.25) is 4.79 Å². The van der Waals surface area contributed by atoms with Crippen LogP contribution in [0.2, 0.25) is 0 Å². The Bertz CT molecular complexity index is 1220. The molecule has 0 saturated carbocycles. The Balaban J connectivity index is 2.02. The first-order chi connectivity index (χ1) is 14.5. The van der Waals surface area contributed by atoms with Gasteiger partial charge in [0.25, 0.3) is 0 Å². The van der Waals surface area contributed by atoms with Crippen LogP contribution in [0.3, 0.4) is 0 Å². The van der Waals surface area contributed by atoms with Crippen LogP contribution in [-0.2, 0) is 4.79 Å². The summed E-state index contributed by atoms with van der Waals surface area (Å²) in [5.41, 5.74) is 4.55. The van der Waals surface area contributed by atoms with Crippen molar-refractivity contribution < 1.29 is 13.7 Å². The van der Waals surface area contributed by atoms with Crippen molar-refractivity contribution in [3.05, 3.63) is 78.0 Å². The Labute approximate surface area is 173 Å². The third-order valence-electron chi connectivity index (χ3n) is 4.98. The predicted octanol–water partition coefficient (Wildman–Crippen LogP) is 5.24. The van der Waals surface area contributed by atoms with Crippen molar-refractivity contribution in [2.75, 3.05) is 4.90 Å². The molecular weight excluding hydrogens is 383 g/mol. The zero-order chi connectivity index (χ0) is 21.3. The maximum absolute atomic E-state index is 14.6. The van der Waals surface area contributed by atoms with Crippen LogP contribution in [0.25, 0.3) is 22.5 Å². The number of carbonyl (C=O) groups is 1. The molecule has 0 saturated heterocycles. The summed E-state index contributed by atoms with van der Waals surface area (Å²) in [5, 5.41) is 4.27. The average Bonchev–Trinajstić information content (AvgIpc) is 3.16. The number of anilines is 2. The van der Waals surface area contributed by atoms with Gasteiger partial charge in [-0.25, -0.2) is 19.3 Å². The van der Waals surface area contributed by atoms with Crippen LogP contribution in [0, 0.1) is 19.7 Å². The lowest BCUT2D eigenvalue weighted by Crippen LogP contribution is -2.24. The lowest BCUT2D eigenvalue weighted by Gasteiger charge is -2.19. The average molecular weight is 402 g/mol. The summed E-state index contributed by atoms with van der Waals surface area (Å²) < 4.78 is 20.2. The van der Waals surface area contributed by atoms with Crippen LogP contribution in [0.15, 0.2) is 65.6 Å². The molecule has 7 heteroatoms. The van der Waals surface area contributed by atoms with Gasteiger partial charge < -0.3 is 4.52 Å². The first kappa shape index (κ1) is 19.4. The lowest BCUT2D eigenvalue weighted by atomic mass is 9.97. The Kier molecular flexibility index (Phi) is 5.10. The summed E-state index contributed by atoms with van der Waals surface area (Å²) >= 11 is 0. The number of rotatable bonds is 4. The van der Waals surface area contributed by atoms with Gasteiger partial charge in [0.2, 0.25) is 11.8 Å². The van der Waals surface area contributed by atoms with Crippen molar-refractivity contribution in [1.82, 2.24) is 15.1 Å². The standard InChI is InChI=1S/C23H19FN4O2/c1-14-7-6-8-17(15(14)2)22-21(19-11-12-25-13-26-19)23(30-27-22)28(16(3)29)20-10-5-4-9-18(20)24/h4-13H,1-3H3. The largest absolute Gasteiger partial charge is 0.336 e. The van der Waals surface area contributed by atoms with Crippen molar-refractivity contribution in [2.45, 2.75) is 20.8 Å². The van der Waals surface area contributed by atoms with E-state index in [1.54, 1.807) is 24.4 Å². The van der Waals surface area contributed by atoms with E-state index in [4.69, 9.17) is 4.52 Å². The molecule has 4 rings (SSSR count). The molecule has 0 N–H and O–H groups in total. The number of hydrogen-bond donors (Lipinski definition) is 0. The molecule has 2 aromatic heterocycles. The van der Waals surface area contributed by atoms with Crippen LogP contribution < -0.4 is 4.90 Å². The Morgan fingerprint density at radius 2 is 1.87 bits per heavy atom. The molecular formula is C23H19FN4O2. The summed E-state index contributed by atoms with van der Waals surface area (Å²) in [6.07, 6.45) is 2.99. The molecule has 0 radical (unpaired) electrons. The molecule has 2 heterocycles. The number of aromatic nitrogens is 3. The van der Waals surface area contributed by atoms with E-state index in [0.29, 0.717) is 17.0 Å². The van der Waals surface area contributed by atoms with Crippen molar-refractivity contribution in [1.29, 1.82) is 0 Å². The smallest absolute Gasteiger partial charge is 0.248 e. The molecule has 0 unspecified atom stereocenters. The third-order valence-corrected chi connectivity index (χ3v) is 4.98. The quantitative estimate of drug-likeness (QED) is 0.467. The van der Waals surface area contributed by atoms with E-state index < -0.39 is 11.7 Å². The summed E-state index contributed by atoms with van der Waals surface area (Å²) in [6, 6.07) is 13.6. The highest BCUT2D eigenvalue weighted by molar-refractivity contribution is 6.03. The maximum Gasteiger partial charge on any atom is 0.248 e. The number of nitrogens with zero attached hydrogens (tertiary/aromatic N) is 4. The number of aryl methyl sites for hydroxylation is 1. The van der Waals surface area contributed by atoms with Crippen LogP contribution in [0.4, 0.5) is 16.0 Å². The fourth-order valence-corrected chi connectivity index (χ4v) is 3.35. The van der Waals surface area contributed by atoms with Gasteiger partial charge in [0, 0.05) is 18.7 Å². The Morgan fingerprint density at radius 3 is 2.57 bits per heavy atom. The number of benzene rings is 2. The normalized spacial score (nSPS) is 10.8. The van der Waals surface area contributed by atoms with Gasteiger partial charge in [0.1, 0.15) is 17.8 Å². The number of para-hydroxylation sites is 1. The molecule has 0 atom stereocenters. The van der Waals surface area contributed by atoms with Crippen LogP contribution in [-0.4, -0.2) is 21.0 Å². The van der Waals surface area contributed by atoms with Gasteiger partial charge in [-0.1, -0.05) is 35.5 Å². The fourth-order valence-electron chi connectivity index (χ4n) is 3.35. The molecule has 0 fully saturated rings. The third kappa shape index (κ3) is 3.34. The SMILES string of the molecule is CC(=O)N(c1ccccc1F)c1onc(-c2cccc(C)c2C)c1-c1ccncn1. The van der Waals surface area contributed by atoms with Gasteiger partial charge in [0.05, 0.1) is 16.9 Å². The van der Waals surface area contributed by atoms with Gasteiger partial charge in [-0.05, 0) is 43.2 Å². The highest BCUT2D eigenvalue weighted by Gasteiger charge is 2.30. The topological polar surface area (TPSA) is 72.1 Å². The predicted molar refractivity (Wildman–Crippen MR) is 112 cm³/mol. The van der Waals surface area contributed by atoms with Crippen molar-refractivity contribution >= 4 is 17.5 Å². The van der Waals surface area contributed by atoms with E-state index in [-0.39, 0.29) is 11.6 Å². The number of amides is 1. The highest BCUT2D eigenvalue weighted by Crippen LogP contribution is 2.42.